The van der Waals surface area contributed by atoms with Gasteiger partial charge in [0.25, 0.3) is 0 Å². The quantitative estimate of drug-likeness (QED) is 0.856. The van der Waals surface area contributed by atoms with Gasteiger partial charge in [0.2, 0.25) is 0 Å². The van der Waals surface area contributed by atoms with Crippen LogP contribution in [0.1, 0.15) is 16.3 Å². The van der Waals surface area contributed by atoms with Crippen LogP contribution in [0.25, 0.3) is 0 Å². The highest BCUT2D eigenvalue weighted by Gasteiger charge is 1.97. The number of aryl methyl sites for hydroxylation is 1. The SMILES string of the molecule is Cc1nc(CNCc2ccncc2)cs1. The predicted octanol–water partition coefficient (Wildman–Crippen LogP) is 2.14. The molecule has 3 nitrogen and oxygen atoms in total. The maximum absolute atomic E-state index is 4.39. The zero-order chi connectivity index (χ0) is 10.5. The van der Waals surface area contributed by atoms with Gasteiger partial charge in [-0.1, -0.05) is 0 Å². The van der Waals surface area contributed by atoms with E-state index in [2.05, 4.69) is 20.7 Å². The summed E-state index contributed by atoms with van der Waals surface area (Å²) >= 11 is 1.69. The number of hydrogen-bond donors (Lipinski definition) is 1. The summed E-state index contributed by atoms with van der Waals surface area (Å²) in [6.45, 7) is 3.71. The van der Waals surface area contributed by atoms with E-state index in [4.69, 9.17) is 0 Å². The molecule has 2 rings (SSSR count). The smallest absolute Gasteiger partial charge is 0.0897 e. The molecule has 0 saturated carbocycles. The van der Waals surface area contributed by atoms with Crippen molar-refractivity contribution in [2.45, 2.75) is 20.0 Å². The van der Waals surface area contributed by atoms with Crippen molar-refractivity contribution in [1.82, 2.24) is 15.3 Å². The van der Waals surface area contributed by atoms with E-state index >= 15 is 0 Å². The minimum absolute atomic E-state index is 0.826. The number of pyridine rings is 1. The second-order valence-electron chi connectivity index (χ2n) is 3.32. The van der Waals surface area contributed by atoms with Crippen molar-refractivity contribution in [3.63, 3.8) is 0 Å². The average molecular weight is 219 g/mol. The highest BCUT2D eigenvalue weighted by molar-refractivity contribution is 7.09. The third-order valence-electron chi connectivity index (χ3n) is 2.05. The Hall–Kier alpha value is -1.26. The van der Waals surface area contributed by atoms with E-state index in [9.17, 15) is 0 Å². The number of nitrogens with zero attached hydrogens (tertiary/aromatic N) is 2. The molecule has 0 bridgehead atoms. The van der Waals surface area contributed by atoms with Gasteiger partial charge in [-0.3, -0.25) is 4.98 Å². The van der Waals surface area contributed by atoms with Gasteiger partial charge >= 0.3 is 0 Å². The van der Waals surface area contributed by atoms with Crippen molar-refractivity contribution in [2.75, 3.05) is 0 Å². The molecule has 0 aromatic carbocycles. The highest BCUT2D eigenvalue weighted by atomic mass is 32.1. The molecule has 15 heavy (non-hydrogen) atoms. The van der Waals surface area contributed by atoms with E-state index in [0.29, 0.717) is 0 Å². The summed E-state index contributed by atoms with van der Waals surface area (Å²) in [4.78, 5) is 8.36. The molecule has 0 atom stereocenters. The zero-order valence-electron chi connectivity index (χ0n) is 8.60. The monoisotopic (exact) mass is 219 g/mol. The second kappa shape index (κ2) is 5.00. The van der Waals surface area contributed by atoms with Gasteiger partial charge in [0, 0.05) is 30.9 Å². The van der Waals surface area contributed by atoms with E-state index in [-0.39, 0.29) is 0 Å². The van der Waals surface area contributed by atoms with Crippen molar-refractivity contribution >= 4 is 11.3 Å². The number of thiazole rings is 1. The van der Waals surface area contributed by atoms with Gasteiger partial charge in [0.1, 0.15) is 0 Å². The van der Waals surface area contributed by atoms with Crippen LogP contribution in [0.4, 0.5) is 0 Å². The van der Waals surface area contributed by atoms with Crippen molar-refractivity contribution in [2.24, 2.45) is 0 Å². The topological polar surface area (TPSA) is 37.8 Å². The highest BCUT2D eigenvalue weighted by Crippen LogP contribution is 2.07. The summed E-state index contributed by atoms with van der Waals surface area (Å²) in [5.41, 5.74) is 2.36. The largest absolute Gasteiger partial charge is 0.307 e. The lowest BCUT2D eigenvalue weighted by molar-refractivity contribution is 0.681. The zero-order valence-corrected chi connectivity index (χ0v) is 9.42. The Bertz CT molecular complexity index is 411. The van der Waals surface area contributed by atoms with Crippen LogP contribution in [0.15, 0.2) is 29.9 Å². The molecule has 0 radical (unpaired) electrons. The van der Waals surface area contributed by atoms with Crippen molar-refractivity contribution in [3.05, 3.63) is 46.2 Å². The van der Waals surface area contributed by atoms with Crippen LogP contribution in [-0.2, 0) is 13.1 Å². The van der Waals surface area contributed by atoms with E-state index in [1.165, 1.54) is 5.56 Å². The molecule has 4 heteroatoms. The van der Waals surface area contributed by atoms with Crippen molar-refractivity contribution < 1.29 is 0 Å². The summed E-state index contributed by atoms with van der Waals surface area (Å²) in [7, 11) is 0. The van der Waals surface area contributed by atoms with Crippen LogP contribution < -0.4 is 5.32 Å². The molecular weight excluding hydrogens is 206 g/mol. The molecule has 0 saturated heterocycles. The summed E-state index contributed by atoms with van der Waals surface area (Å²) < 4.78 is 0. The number of nitrogens with one attached hydrogen (secondary N) is 1. The lowest BCUT2D eigenvalue weighted by Gasteiger charge is -2.01. The third-order valence-corrected chi connectivity index (χ3v) is 2.87. The molecule has 78 valence electrons. The molecule has 0 aliphatic heterocycles. The number of hydrogen-bond acceptors (Lipinski definition) is 4. The molecule has 0 unspecified atom stereocenters. The Morgan fingerprint density at radius 1 is 1.27 bits per heavy atom. The van der Waals surface area contributed by atoms with Gasteiger partial charge in [-0.05, 0) is 24.6 Å². The van der Waals surface area contributed by atoms with Crippen LogP contribution in [0.2, 0.25) is 0 Å². The van der Waals surface area contributed by atoms with E-state index in [1.54, 1.807) is 11.3 Å². The van der Waals surface area contributed by atoms with Gasteiger partial charge in [-0.2, -0.15) is 0 Å². The first-order valence-corrected chi connectivity index (χ1v) is 5.73. The minimum atomic E-state index is 0.826. The van der Waals surface area contributed by atoms with E-state index < -0.39 is 0 Å². The van der Waals surface area contributed by atoms with Crippen LogP contribution in [0.3, 0.4) is 0 Å². The Kier molecular flexibility index (Phi) is 3.42. The first-order chi connectivity index (χ1) is 7.34. The van der Waals surface area contributed by atoms with Gasteiger partial charge in [-0.25, -0.2) is 4.98 Å². The van der Waals surface area contributed by atoms with Crippen molar-refractivity contribution in [3.8, 4) is 0 Å². The molecule has 2 heterocycles. The lowest BCUT2D eigenvalue weighted by Crippen LogP contribution is -2.12. The summed E-state index contributed by atoms with van der Waals surface area (Å²) in [6, 6.07) is 4.03. The summed E-state index contributed by atoms with van der Waals surface area (Å²) in [5, 5.41) is 6.56. The molecule has 0 amide bonds. The Morgan fingerprint density at radius 3 is 2.73 bits per heavy atom. The van der Waals surface area contributed by atoms with Gasteiger partial charge in [0.15, 0.2) is 0 Å². The number of rotatable bonds is 4. The van der Waals surface area contributed by atoms with Gasteiger partial charge in [0.05, 0.1) is 10.7 Å². The van der Waals surface area contributed by atoms with Crippen molar-refractivity contribution in [1.29, 1.82) is 0 Å². The normalized spacial score (nSPS) is 10.5. The van der Waals surface area contributed by atoms with E-state index in [0.717, 1.165) is 23.8 Å². The van der Waals surface area contributed by atoms with Crippen LogP contribution >= 0.6 is 11.3 Å². The molecule has 0 spiro atoms. The molecule has 0 fully saturated rings. The van der Waals surface area contributed by atoms with Crippen LogP contribution in [-0.4, -0.2) is 9.97 Å². The average Bonchev–Trinajstić information content (AvgIpc) is 2.66. The summed E-state index contributed by atoms with van der Waals surface area (Å²) in [6.07, 6.45) is 3.62. The Labute approximate surface area is 93.2 Å². The maximum atomic E-state index is 4.39. The molecular formula is C11H13N3S. The number of aromatic nitrogens is 2. The van der Waals surface area contributed by atoms with Gasteiger partial charge in [-0.15, -0.1) is 11.3 Å². The molecule has 1 N–H and O–H groups in total. The molecule has 2 aromatic rings. The summed E-state index contributed by atoms with van der Waals surface area (Å²) in [5.74, 6) is 0. The first kappa shape index (κ1) is 10.3. The van der Waals surface area contributed by atoms with Crippen LogP contribution in [0, 0.1) is 6.92 Å². The lowest BCUT2D eigenvalue weighted by atomic mass is 10.3. The predicted molar refractivity (Wildman–Crippen MR) is 61.6 cm³/mol. The van der Waals surface area contributed by atoms with E-state index in [1.807, 2.05) is 31.5 Å². The fraction of sp³-hybridized carbons (Fsp3) is 0.273. The maximum Gasteiger partial charge on any atom is 0.0897 e. The Morgan fingerprint density at radius 2 is 2.07 bits per heavy atom. The van der Waals surface area contributed by atoms with Crippen LogP contribution in [0.5, 0.6) is 0 Å². The Balaban J connectivity index is 1.80. The molecule has 0 aliphatic rings. The van der Waals surface area contributed by atoms with Gasteiger partial charge < -0.3 is 5.32 Å². The minimum Gasteiger partial charge on any atom is -0.307 e. The third kappa shape index (κ3) is 3.11. The standard InChI is InChI=1S/C11H13N3S/c1-9-14-11(8-15-9)7-13-6-10-2-4-12-5-3-10/h2-5,8,13H,6-7H2,1H3. The molecule has 2 aromatic heterocycles. The first-order valence-electron chi connectivity index (χ1n) is 4.85. The fourth-order valence-corrected chi connectivity index (χ4v) is 1.94. The second-order valence-corrected chi connectivity index (χ2v) is 4.38. The molecule has 0 aliphatic carbocycles. The fourth-order valence-electron chi connectivity index (χ4n) is 1.32.